The van der Waals surface area contributed by atoms with Crippen LogP contribution in [0, 0.1) is 5.92 Å². The van der Waals surface area contributed by atoms with E-state index in [4.69, 9.17) is 4.74 Å². The largest absolute Gasteiger partial charge is 0.484 e. The number of rotatable bonds is 8. The molecule has 1 aliphatic rings. The number of benzene rings is 1. The lowest BCUT2D eigenvalue weighted by molar-refractivity contribution is -0.122. The summed E-state index contributed by atoms with van der Waals surface area (Å²) in [6.07, 6.45) is 3.98. The van der Waals surface area contributed by atoms with Crippen LogP contribution in [-0.2, 0) is 24.3 Å². The molecule has 0 aliphatic carbocycles. The van der Waals surface area contributed by atoms with Crippen molar-refractivity contribution in [2.45, 2.75) is 32.9 Å². The normalized spacial score (nSPS) is 16.3. The molecule has 7 heteroatoms. The summed E-state index contributed by atoms with van der Waals surface area (Å²) in [4.78, 5) is 11.4. The van der Waals surface area contributed by atoms with Crippen LogP contribution in [0.5, 0.6) is 5.75 Å². The Morgan fingerprint density at radius 3 is 3.00 bits per heavy atom. The minimum absolute atomic E-state index is 0.0538. The first-order chi connectivity index (χ1) is 12.2. The molecular weight excluding hydrogens is 318 g/mol. The molecule has 0 fully saturated rings. The van der Waals surface area contributed by atoms with E-state index in [1.807, 2.05) is 37.5 Å². The third kappa shape index (κ3) is 5.03. The minimum atomic E-state index is -0.100. The van der Waals surface area contributed by atoms with Crippen LogP contribution in [0.1, 0.15) is 24.7 Å². The van der Waals surface area contributed by atoms with Crippen molar-refractivity contribution < 1.29 is 9.53 Å². The van der Waals surface area contributed by atoms with Gasteiger partial charge in [-0.1, -0.05) is 12.1 Å². The molecule has 25 heavy (non-hydrogen) atoms. The third-order valence-corrected chi connectivity index (χ3v) is 4.36. The second-order valence-corrected chi connectivity index (χ2v) is 6.32. The van der Waals surface area contributed by atoms with Crippen molar-refractivity contribution in [1.82, 2.24) is 25.4 Å². The maximum Gasteiger partial charge on any atom is 0.257 e. The van der Waals surface area contributed by atoms with Crippen LogP contribution >= 0.6 is 0 Å². The van der Waals surface area contributed by atoms with Crippen LogP contribution in [-0.4, -0.2) is 40.4 Å². The van der Waals surface area contributed by atoms with Gasteiger partial charge in [-0.3, -0.25) is 4.79 Å². The molecule has 0 saturated heterocycles. The monoisotopic (exact) mass is 343 g/mol. The molecule has 0 saturated carbocycles. The smallest absolute Gasteiger partial charge is 0.257 e. The lowest BCUT2D eigenvalue weighted by Gasteiger charge is -2.23. The van der Waals surface area contributed by atoms with E-state index in [1.54, 1.807) is 0 Å². The highest BCUT2D eigenvalue weighted by Gasteiger charge is 2.18. The van der Waals surface area contributed by atoms with Crippen molar-refractivity contribution in [3.8, 4) is 5.75 Å². The predicted octanol–water partition coefficient (Wildman–Crippen LogP) is 1.15. The number of nitrogens with zero attached hydrogens (tertiary/aromatic N) is 3. The average molecular weight is 343 g/mol. The quantitative estimate of drug-likeness (QED) is 0.751. The van der Waals surface area contributed by atoms with Gasteiger partial charge in [-0.15, -0.1) is 10.2 Å². The first kappa shape index (κ1) is 17.4. The van der Waals surface area contributed by atoms with Crippen molar-refractivity contribution in [2.75, 3.05) is 19.7 Å². The standard InChI is InChI=1S/C18H25N5O2/c1-2-20-18(24)12-25-16-6-3-14(4-7-16)9-19-10-15-5-8-17-22-21-13-23(17)11-15/h3-4,6-7,13,15,19H,2,5,8-12H2,1H3,(H,20,24)/t15-/m1/s1. The molecule has 1 amide bonds. The number of ether oxygens (including phenoxy) is 1. The SMILES string of the molecule is CCNC(=O)COc1ccc(CNC[C@H]2CCc3nncn3C2)cc1. The van der Waals surface area contributed by atoms with Gasteiger partial charge in [0.2, 0.25) is 0 Å². The number of hydrogen-bond acceptors (Lipinski definition) is 5. The second kappa shape index (κ2) is 8.62. The fraction of sp³-hybridized carbons (Fsp3) is 0.500. The summed E-state index contributed by atoms with van der Waals surface area (Å²) in [5, 5.41) is 14.3. The summed E-state index contributed by atoms with van der Waals surface area (Å²) in [5.74, 6) is 2.32. The average Bonchev–Trinajstić information content (AvgIpc) is 3.09. The number of carbonyl (C=O) groups excluding carboxylic acids is 1. The summed E-state index contributed by atoms with van der Waals surface area (Å²) in [6.45, 7) is 5.35. The topological polar surface area (TPSA) is 81.1 Å². The number of hydrogen-bond donors (Lipinski definition) is 2. The molecular formula is C18H25N5O2. The Kier molecular flexibility index (Phi) is 6.00. The van der Waals surface area contributed by atoms with Crippen molar-refractivity contribution >= 4 is 5.91 Å². The second-order valence-electron chi connectivity index (χ2n) is 6.32. The van der Waals surface area contributed by atoms with Crippen molar-refractivity contribution in [2.24, 2.45) is 5.92 Å². The summed E-state index contributed by atoms with van der Waals surface area (Å²) < 4.78 is 7.60. The van der Waals surface area contributed by atoms with E-state index in [-0.39, 0.29) is 12.5 Å². The highest BCUT2D eigenvalue weighted by Crippen LogP contribution is 2.17. The van der Waals surface area contributed by atoms with Crippen molar-refractivity contribution in [3.05, 3.63) is 42.0 Å². The summed E-state index contributed by atoms with van der Waals surface area (Å²) in [5.41, 5.74) is 1.20. The van der Waals surface area contributed by atoms with E-state index >= 15 is 0 Å². The zero-order chi connectivity index (χ0) is 17.5. The van der Waals surface area contributed by atoms with Gasteiger partial charge in [-0.25, -0.2) is 0 Å². The van der Waals surface area contributed by atoms with Gasteiger partial charge in [0.25, 0.3) is 5.91 Å². The Bertz CT molecular complexity index is 683. The number of fused-ring (bicyclic) bond motifs is 1. The fourth-order valence-corrected chi connectivity index (χ4v) is 3.02. The van der Waals surface area contributed by atoms with Gasteiger partial charge in [0.1, 0.15) is 17.9 Å². The van der Waals surface area contributed by atoms with Crippen molar-refractivity contribution in [1.29, 1.82) is 0 Å². The molecule has 1 aromatic heterocycles. The summed E-state index contributed by atoms with van der Waals surface area (Å²) >= 11 is 0. The number of aryl methyl sites for hydroxylation is 1. The minimum Gasteiger partial charge on any atom is -0.484 e. The Morgan fingerprint density at radius 2 is 2.20 bits per heavy atom. The molecule has 0 spiro atoms. The number of amides is 1. The molecule has 3 rings (SSSR count). The molecule has 1 atom stereocenters. The van der Waals surface area contributed by atoms with Gasteiger partial charge in [0, 0.05) is 26.1 Å². The number of carbonyl (C=O) groups is 1. The van der Waals surface area contributed by atoms with Crippen LogP contribution in [0.15, 0.2) is 30.6 Å². The van der Waals surface area contributed by atoms with Crippen LogP contribution in [0.3, 0.4) is 0 Å². The fourth-order valence-electron chi connectivity index (χ4n) is 3.02. The molecule has 0 radical (unpaired) electrons. The third-order valence-electron chi connectivity index (χ3n) is 4.36. The van der Waals surface area contributed by atoms with Gasteiger partial charge >= 0.3 is 0 Å². The van der Waals surface area contributed by atoms with Crippen LogP contribution in [0.25, 0.3) is 0 Å². The predicted molar refractivity (Wildman–Crippen MR) is 94.2 cm³/mol. The van der Waals surface area contributed by atoms with Gasteiger partial charge in [0.05, 0.1) is 0 Å². The lowest BCUT2D eigenvalue weighted by Crippen LogP contribution is -2.29. The van der Waals surface area contributed by atoms with Gasteiger partial charge < -0.3 is 19.9 Å². The highest BCUT2D eigenvalue weighted by molar-refractivity contribution is 5.77. The molecule has 1 aromatic carbocycles. The number of nitrogens with one attached hydrogen (secondary N) is 2. The molecule has 0 bridgehead atoms. The molecule has 2 heterocycles. The molecule has 0 unspecified atom stereocenters. The van der Waals surface area contributed by atoms with E-state index in [0.29, 0.717) is 18.2 Å². The Balaban J connectivity index is 1.38. The maximum atomic E-state index is 11.4. The van der Waals surface area contributed by atoms with E-state index in [2.05, 4.69) is 25.4 Å². The summed E-state index contributed by atoms with van der Waals surface area (Å²) in [7, 11) is 0. The Morgan fingerprint density at radius 1 is 1.36 bits per heavy atom. The Hall–Kier alpha value is -2.41. The van der Waals surface area contributed by atoms with Crippen LogP contribution in [0.4, 0.5) is 0 Å². The van der Waals surface area contributed by atoms with Crippen LogP contribution < -0.4 is 15.4 Å². The van der Waals surface area contributed by atoms with E-state index in [0.717, 1.165) is 38.3 Å². The zero-order valence-electron chi connectivity index (χ0n) is 14.6. The van der Waals surface area contributed by atoms with Gasteiger partial charge in [-0.05, 0) is 43.5 Å². The maximum absolute atomic E-state index is 11.4. The Labute approximate surface area is 147 Å². The first-order valence-corrected chi connectivity index (χ1v) is 8.80. The van der Waals surface area contributed by atoms with Gasteiger partial charge in [-0.2, -0.15) is 0 Å². The zero-order valence-corrected chi connectivity index (χ0v) is 14.6. The first-order valence-electron chi connectivity index (χ1n) is 8.80. The van der Waals surface area contributed by atoms with E-state index in [9.17, 15) is 4.79 Å². The van der Waals surface area contributed by atoms with E-state index < -0.39 is 0 Å². The van der Waals surface area contributed by atoms with Crippen LogP contribution in [0.2, 0.25) is 0 Å². The molecule has 2 N–H and O–H groups in total. The molecule has 134 valence electrons. The molecule has 1 aliphatic heterocycles. The summed E-state index contributed by atoms with van der Waals surface area (Å²) in [6, 6.07) is 7.86. The van der Waals surface area contributed by atoms with Gasteiger partial charge in [0.15, 0.2) is 6.61 Å². The molecule has 2 aromatic rings. The lowest BCUT2D eigenvalue weighted by atomic mass is 9.99. The van der Waals surface area contributed by atoms with Crippen molar-refractivity contribution in [3.63, 3.8) is 0 Å². The molecule has 7 nitrogen and oxygen atoms in total. The van der Waals surface area contributed by atoms with E-state index in [1.165, 1.54) is 5.56 Å². The number of aromatic nitrogens is 3. The highest BCUT2D eigenvalue weighted by atomic mass is 16.5. The number of likely N-dealkylation sites (N-methyl/N-ethyl adjacent to an activating group) is 1.